The highest BCUT2D eigenvalue weighted by molar-refractivity contribution is 7.01. The van der Waals surface area contributed by atoms with Crippen LogP contribution in [0.1, 0.15) is 0 Å². The van der Waals surface area contributed by atoms with Gasteiger partial charge in [0, 0.05) is 78.4 Å². The molecule has 0 bridgehead atoms. The van der Waals surface area contributed by atoms with Gasteiger partial charge in [-0.1, -0.05) is 158 Å². The molecule has 5 nitrogen and oxygen atoms in total. The first-order valence-corrected chi connectivity index (χ1v) is 25.4. The standard InChI is InChI=1S/C66H41B2N5/c1-5-20-42(21-6-1)69-53-32-15-13-30-49(53)67-51-40-41-55-60(65(51)71(44-24-9-3-10-25-44)58-36-18-34-56(69)61(58)67)48-29-17-28-46-47-38-39-52-66(64(47)73(55)63(46)48)72(45-26-11-4-12-27-45)59-37-19-35-57-62(59)68(52)50-31-14-16-33-54(50)70(57)43-22-7-2-8-23-43/h1-41H. The minimum Gasteiger partial charge on any atom is -0.311 e. The topological polar surface area (TPSA) is 17.4 Å². The van der Waals surface area contributed by atoms with Gasteiger partial charge in [0.2, 0.25) is 0 Å². The van der Waals surface area contributed by atoms with E-state index < -0.39 is 0 Å². The van der Waals surface area contributed by atoms with Crippen LogP contribution in [-0.4, -0.2) is 17.8 Å². The molecule has 17 rings (SSSR count). The van der Waals surface area contributed by atoms with E-state index in [1.807, 2.05) is 0 Å². The molecular formula is C66H41B2N5. The Bertz CT molecular complexity index is 4430. The summed E-state index contributed by atoms with van der Waals surface area (Å²) in [5, 5.41) is 5.05. The van der Waals surface area contributed by atoms with Crippen LogP contribution >= 0.6 is 0 Å². The number of para-hydroxylation sites is 7. The van der Waals surface area contributed by atoms with Crippen molar-refractivity contribution < 1.29 is 0 Å². The van der Waals surface area contributed by atoms with Crippen LogP contribution in [0.3, 0.4) is 0 Å². The Kier molecular flexibility index (Phi) is 7.84. The lowest BCUT2D eigenvalue weighted by Crippen LogP contribution is -2.61. The zero-order chi connectivity index (χ0) is 47.5. The Morgan fingerprint density at radius 3 is 1.16 bits per heavy atom. The van der Waals surface area contributed by atoms with Gasteiger partial charge in [0.15, 0.2) is 0 Å². The summed E-state index contributed by atoms with van der Waals surface area (Å²) in [7, 11) is 0. The van der Waals surface area contributed by atoms with Crippen molar-refractivity contribution in [2.45, 2.75) is 0 Å². The van der Waals surface area contributed by atoms with Crippen molar-refractivity contribution in [1.82, 2.24) is 4.40 Å². The monoisotopic (exact) mass is 925 g/mol. The first-order valence-electron chi connectivity index (χ1n) is 25.4. The molecule has 0 unspecified atom stereocenters. The second kappa shape index (κ2) is 14.6. The lowest BCUT2D eigenvalue weighted by Gasteiger charge is -2.44. The Hall–Kier alpha value is -9.45. The second-order valence-electron chi connectivity index (χ2n) is 19.9. The Morgan fingerprint density at radius 2 is 0.630 bits per heavy atom. The first kappa shape index (κ1) is 39.3. The summed E-state index contributed by atoms with van der Waals surface area (Å²) in [5.41, 5.74) is 25.9. The third kappa shape index (κ3) is 5.08. The number of benzene rings is 11. The number of fused-ring (bicyclic) bond motifs is 16. The Balaban J connectivity index is 0.995. The van der Waals surface area contributed by atoms with Gasteiger partial charge >= 0.3 is 0 Å². The molecule has 6 heterocycles. The van der Waals surface area contributed by atoms with E-state index in [4.69, 9.17) is 0 Å². The van der Waals surface area contributed by atoms with Gasteiger partial charge in [-0.25, -0.2) is 0 Å². The van der Waals surface area contributed by atoms with Crippen LogP contribution in [0.2, 0.25) is 0 Å². The summed E-state index contributed by atoms with van der Waals surface area (Å²) in [6, 6.07) is 92.6. The largest absolute Gasteiger partial charge is 0.311 e. The number of nitrogens with zero attached hydrogens (tertiary/aromatic N) is 5. The molecule has 0 amide bonds. The maximum absolute atomic E-state index is 2.64. The van der Waals surface area contributed by atoms with Crippen molar-refractivity contribution in [3.63, 3.8) is 0 Å². The third-order valence-electron chi connectivity index (χ3n) is 16.4. The maximum Gasteiger partial charge on any atom is 0.252 e. The van der Waals surface area contributed by atoms with Gasteiger partial charge in [-0.3, -0.25) is 0 Å². The quantitative estimate of drug-likeness (QED) is 0.164. The molecule has 0 spiro atoms. The van der Waals surface area contributed by atoms with E-state index in [1.54, 1.807) is 0 Å². The van der Waals surface area contributed by atoms with E-state index in [0.29, 0.717) is 0 Å². The first-order chi connectivity index (χ1) is 36.3. The molecule has 0 fully saturated rings. The molecule has 0 N–H and O–H groups in total. The third-order valence-corrected chi connectivity index (χ3v) is 16.4. The average molecular weight is 926 g/mol. The maximum atomic E-state index is 2.64. The molecule has 0 atom stereocenters. The number of anilines is 12. The summed E-state index contributed by atoms with van der Waals surface area (Å²) in [4.78, 5) is 10.1. The minimum atomic E-state index is -0.00231. The van der Waals surface area contributed by atoms with Crippen molar-refractivity contribution in [3.8, 4) is 0 Å². The van der Waals surface area contributed by atoms with Crippen LogP contribution in [0, 0.1) is 0 Å². The van der Waals surface area contributed by atoms with Crippen molar-refractivity contribution in [1.29, 1.82) is 0 Å². The summed E-state index contributed by atoms with van der Waals surface area (Å²) in [6.45, 7) is 0.00453. The molecule has 0 saturated carbocycles. The van der Waals surface area contributed by atoms with Gasteiger partial charge in [0.25, 0.3) is 13.4 Å². The van der Waals surface area contributed by atoms with Crippen LogP contribution < -0.4 is 52.4 Å². The number of rotatable bonds is 4. The van der Waals surface area contributed by atoms with Crippen LogP contribution in [0.15, 0.2) is 249 Å². The van der Waals surface area contributed by atoms with Gasteiger partial charge in [-0.15, -0.1) is 0 Å². The van der Waals surface area contributed by atoms with Gasteiger partial charge in [0.1, 0.15) is 0 Å². The van der Waals surface area contributed by atoms with E-state index in [1.165, 1.54) is 116 Å². The molecule has 0 aliphatic carbocycles. The molecule has 0 saturated heterocycles. The lowest BCUT2D eigenvalue weighted by molar-refractivity contribution is 1.25. The summed E-state index contributed by atoms with van der Waals surface area (Å²) < 4.78 is 2.64. The summed E-state index contributed by atoms with van der Waals surface area (Å²) in [5.74, 6) is 0. The zero-order valence-electron chi connectivity index (χ0n) is 39.6. The summed E-state index contributed by atoms with van der Waals surface area (Å²) in [6.07, 6.45) is 0. The van der Waals surface area contributed by atoms with Crippen LogP contribution in [0.5, 0.6) is 0 Å². The molecule has 13 aromatic rings. The Labute approximate surface area is 423 Å². The van der Waals surface area contributed by atoms with E-state index in [2.05, 4.69) is 273 Å². The number of hydrogen-bond donors (Lipinski definition) is 0. The highest BCUT2D eigenvalue weighted by Gasteiger charge is 2.46. The molecule has 7 heteroatoms. The van der Waals surface area contributed by atoms with Gasteiger partial charge in [-0.05, 0) is 124 Å². The van der Waals surface area contributed by atoms with Crippen molar-refractivity contribution >= 4 is 153 Å². The zero-order valence-corrected chi connectivity index (χ0v) is 39.6. The normalized spacial score (nSPS) is 13.9. The predicted molar refractivity (Wildman–Crippen MR) is 309 cm³/mol. The van der Waals surface area contributed by atoms with Gasteiger partial charge < -0.3 is 24.0 Å². The molecule has 336 valence electrons. The Morgan fingerprint density at radius 1 is 0.247 bits per heavy atom. The van der Waals surface area contributed by atoms with Gasteiger partial charge in [-0.2, -0.15) is 0 Å². The fourth-order valence-electron chi connectivity index (χ4n) is 13.8. The fraction of sp³-hybridized carbons (Fsp3) is 0. The minimum absolute atomic E-state index is 0.00231. The molecule has 2 aromatic heterocycles. The molecule has 11 aromatic carbocycles. The van der Waals surface area contributed by atoms with Crippen LogP contribution in [0.25, 0.3) is 38.1 Å². The SMILES string of the molecule is c1ccc(N2c3ccccc3B3c4ccc5c(c4N(c4ccccc4)c4cccc2c43)c2cccc3c4ccc6c(c4n5c32)N(c2ccccc2)c2cccc3c2B6c2ccccc2N3c2ccccc2)cc1. The fourth-order valence-corrected chi connectivity index (χ4v) is 13.8. The molecule has 4 aliphatic heterocycles. The molecule has 0 radical (unpaired) electrons. The van der Waals surface area contributed by atoms with Crippen molar-refractivity contribution in [3.05, 3.63) is 249 Å². The van der Waals surface area contributed by atoms with Gasteiger partial charge in [0.05, 0.1) is 27.9 Å². The molecular weight excluding hydrogens is 884 g/mol. The lowest BCUT2D eigenvalue weighted by atomic mass is 9.33. The van der Waals surface area contributed by atoms with E-state index in [-0.39, 0.29) is 13.4 Å². The van der Waals surface area contributed by atoms with E-state index >= 15 is 0 Å². The smallest absolute Gasteiger partial charge is 0.252 e. The van der Waals surface area contributed by atoms with Crippen molar-refractivity contribution in [2.24, 2.45) is 0 Å². The van der Waals surface area contributed by atoms with Crippen LogP contribution in [-0.2, 0) is 0 Å². The predicted octanol–water partition coefficient (Wildman–Crippen LogP) is 13.0. The molecule has 73 heavy (non-hydrogen) atoms. The molecule has 4 aliphatic rings. The number of aromatic nitrogens is 1. The van der Waals surface area contributed by atoms with Crippen LogP contribution in [0.4, 0.5) is 68.2 Å². The van der Waals surface area contributed by atoms with E-state index in [9.17, 15) is 0 Å². The highest BCUT2D eigenvalue weighted by atomic mass is 15.2. The van der Waals surface area contributed by atoms with Crippen molar-refractivity contribution in [2.75, 3.05) is 19.6 Å². The highest BCUT2D eigenvalue weighted by Crippen LogP contribution is 2.52. The average Bonchev–Trinajstić information content (AvgIpc) is 4.01. The number of hydrogen-bond acceptors (Lipinski definition) is 4. The second-order valence-corrected chi connectivity index (χ2v) is 19.9. The summed E-state index contributed by atoms with van der Waals surface area (Å²) >= 11 is 0. The van der Waals surface area contributed by atoms with E-state index in [0.717, 1.165) is 22.7 Å².